The first-order chi connectivity index (χ1) is 8.15. The molecule has 1 aromatic rings. The Morgan fingerprint density at radius 2 is 2.06 bits per heavy atom. The van der Waals surface area contributed by atoms with E-state index in [9.17, 15) is 5.11 Å². The van der Waals surface area contributed by atoms with Crippen LogP contribution in [0.4, 0.5) is 0 Å². The number of nitrogens with one attached hydrogen (secondary N) is 1. The Kier molecular flexibility index (Phi) is 3.85. The Labute approximate surface area is 104 Å². The number of aryl methyl sites for hydroxylation is 1. The quantitative estimate of drug-likeness (QED) is 0.790. The molecule has 1 aliphatic rings. The van der Waals surface area contributed by atoms with Gasteiger partial charge in [0, 0.05) is 24.6 Å². The summed E-state index contributed by atoms with van der Waals surface area (Å²) in [6.45, 7) is 5.67. The molecule has 1 fully saturated rings. The molecule has 1 aliphatic carbocycles. The number of rotatable bonds is 6. The molecule has 17 heavy (non-hydrogen) atoms. The van der Waals surface area contributed by atoms with Gasteiger partial charge in [-0.1, -0.05) is 24.3 Å². The van der Waals surface area contributed by atoms with Crippen LogP contribution in [0.2, 0.25) is 0 Å². The Morgan fingerprint density at radius 3 is 2.65 bits per heavy atom. The van der Waals surface area contributed by atoms with Gasteiger partial charge in [-0.2, -0.15) is 0 Å². The third-order valence-corrected chi connectivity index (χ3v) is 3.91. The van der Waals surface area contributed by atoms with E-state index in [0.29, 0.717) is 12.6 Å². The van der Waals surface area contributed by atoms with Crippen LogP contribution in [0.1, 0.15) is 30.9 Å². The molecular formula is C15H23NO. The molecule has 1 unspecified atom stereocenters. The average Bonchev–Trinajstić information content (AvgIpc) is 3.10. The van der Waals surface area contributed by atoms with Gasteiger partial charge < -0.3 is 10.4 Å². The van der Waals surface area contributed by atoms with Crippen molar-refractivity contribution in [2.75, 3.05) is 13.2 Å². The van der Waals surface area contributed by atoms with Crippen molar-refractivity contribution in [1.29, 1.82) is 0 Å². The zero-order valence-corrected chi connectivity index (χ0v) is 10.9. The van der Waals surface area contributed by atoms with Crippen molar-refractivity contribution in [2.45, 2.75) is 39.2 Å². The molecule has 2 heteroatoms. The molecule has 94 valence electrons. The smallest absolute Gasteiger partial charge is 0.0499 e. The van der Waals surface area contributed by atoms with Gasteiger partial charge in [-0.05, 0) is 44.2 Å². The first kappa shape index (κ1) is 12.6. The number of aliphatic hydroxyl groups excluding tert-OH is 1. The van der Waals surface area contributed by atoms with Crippen LogP contribution in [0.15, 0.2) is 24.3 Å². The van der Waals surface area contributed by atoms with Gasteiger partial charge in [0.25, 0.3) is 0 Å². The standard InChI is InChI=1S/C15H23NO/c1-12-5-3-4-6-14(12)9-13(2)16-10-15(11-17)7-8-15/h3-6,13,16-17H,7-11H2,1-2H3. The monoisotopic (exact) mass is 233 g/mol. The molecule has 0 heterocycles. The summed E-state index contributed by atoms with van der Waals surface area (Å²) < 4.78 is 0. The van der Waals surface area contributed by atoms with Crippen molar-refractivity contribution >= 4 is 0 Å². The lowest BCUT2D eigenvalue weighted by molar-refractivity contribution is 0.204. The zero-order valence-electron chi connectivity index (χ0n) is 10.9. The third kappa shape index (κ3) is 3.30. The number of benzene rings is 1. The average molecular weight is 233 g/mol. The molecule has 1 saturated carbocycles. The van der Waals surface area contributed by atoms with E-state index < -0.39 is 0 Å². The van der Waals surface area contributed by atoms with E-state index in [1.165, 1.54) is 24.0 Å². The highest BCUT2D eigenvalue weighted by Gasteiger charge is 2.41. The molecule has 2 N–H and O–H groups in total. The van der Waals surface area contributed by atoms with Gasteiger partial charge in [-0.25, -0.2) is 0 Å². The van der Waals surface area contributed by atoms with Crippen molar-refractivity contribution in [3.8, 4) is 0 Å². The highest BCUT2D eigenvalue weighted by Crippen LogP contribution is 2.44. The second kappa shape index (κ2) is 5.19. The van der Waals surface area contributed by atoms with Crippen LogP contribution in [0.3, 0.4) is 0 Å². The zero-order chi connectivity index (χ0) is 12.3. The fraction of sp³-hybridized carbons (Fsp3) is 0.600. The van der Waals surface area contributed by atoms with Gasteiger partial charge in [0.2, 0.25) is 0 Å². The molecule has 0 radical (unpaired) electrons. The van der Waals surface area contributed by atoms with E-state index in [-0.39, 0.29) is 5.41 Å². The maximum atomic E-state index is 9.26. The summed E-state index contributed by atoms with van der Waals surface area (Å²) in [5.41, 5.74) is 2.99. The molecule has 0 spiro atoms. The molecular weight excluding hydrogens is 210 g/mol. The minimum atomic E-state index is 0.208. The molecule has 2 nitrogen and oxygen atoms in total. The molecule has 1 atom stereocenters. The molecule has 0 saturated heterocycles. The molecule has 0 aromatic heterocycles. The number of aliphatic hydroxyl groups is 1. The normalized spacial score (nSPS) is 19.0. The first-order valence-corrected chi connectivity index (χ1v) is 6.54. The predicted octanol–water partition coefficient (Wildman–Crippen LogP) is 2.29. The van der Waals surface area contributed by atoms with Gasteiger partial charge >= 0.3 is 0 Å². The summed E-state index contributed by atoms with van der Waals surface area (Å²) in [5, 5.41) is 12.8. The minimum Gasteiger partial charge on any atom is -0.396 e. The van der Waals surface area contributed by atoms with Gasteiger partial charge in [0.15, 0.2) is 0 Å². The SMILES string of the molecule is Cc1ccccc1CC(C)NCC1(CO)CC1. The number of hydrogen-bond acceptors (Lipinski definition) is 2. The summed E-state index contributed by atoms with van der Waals surface area (Å²) in [4.78, 5) is 0. The predicted molar refractivity (Wildman–Crippen MR) is 71.1 cm³/mol. The van der Waals surface area contributed by atoms with E-state index in [4.69, 9.17) is 0 Å². The van der Waals surface area contributed by atoms with E-state index in [0.717, 1.165) is 13.0 Å². The van der Waals surface area contributed by atoms with E-state index in [1.54, 1.807) is 0 Å². The van der Waals surface area contributed by atoms with E-state index in [1.807, 2.05) is 0 Å². The molecule has 0 bridgehead atoms. The summed E-state index contributed by atoms with van der Waals surface area (Å²) in [5.74, 6) is 0. The Balaban J connectivity index is 1.81. The molecule has 0 aliphatic heterocycles. The first-order valence-electron chi connectivity index (χ1n) is 6.54. The van der Waals surface area contributed by atoms with Gasteiger partial charge in [-0.3, -0.25) is 0 Å². The fourth-order valence-electron chi connectivity index (χ4n) is 2.20. The van der Waals surface area contributed by atoms with E-state index >= 15 is 0 Å². The van der Waals surface area contributed by atoms with Crippen LogP contribution < -0.4 is 5.32 Å². The molecule has 0 amide bonds. The maximum absolute atomic E-state index is 9.26. The Bertz CT molecular complexity index is 371. The van der Waals surface area contributed by atoms with Crippen LogP contribution in [0, 0.1) is 12.3 Å². The summed E-state index contributed by atoms with van der Waals surface area (Å²) >= 11 is 0. The van der Waals surface area contributed by atoms with Gasteiger partial charge in [0.05, 0.1) is 0 Å². The van der Waals surface area contributed by atoms with Gasteiger partial charge in [-0.15, -0.1) is 0 Å². The second-order valence-corrected chi connectivity index (χ2v) is 5.57. The van der Waals surface area contributed by atoms with Crippen molar-refractivity contribution in [3.63, 3.8) is 0 Å². The highest BCUT2D eigenvalue weighted by atomic mass is 16.3. The number of hydrogen-bond donors (Lipinski definition) is 2. The highest BCUT2D eigenvalue weighted by molar-refractivity contribution is 5.26. The van der Waals surface area contributed by atoms with Crippen molar-refractivity contribution in [2.24, 2.45) is 5.41 Å². The lowest BCUT2D eigenvalue weighted by Crippen LogP contribution is -2.34. The summed E-state index contributed by atoms with van der Waals surface area (Å²) in [6.07, 6.45) is 3.41. The largest absolute Gasteiger partial charge is 0.396 e. The maximum Gasteiger partial charge on any atom is 0.0499 e. The van der Waals surface area contributed by atoms with Crippen molar-refractivity contribution in [3.05, 3.63) is 35.4 Å². The van der Waals surface area contributed by atoms with Crippen LogP contribution in [-0.4, -0.2) is 24.3 Å². The van der Waals surface area contributed by atoms with Crippen LogP contribution in [-0.2, 0) is 6.42 Å². The van der Waals surface area contributed by atoms with Crippen molar-refractivity contribution in [1.82, 2.24) is 5.32 Å². The topological polar surface area (TPSA) is 32.3 Å². The Morgan fingerprint density at radius 1 is 1.35 bits per heavy atom. The van der Waals surface area contributed by atoms with E-state index in [2.05, 4.69) is 43.4 Å². The van der Waals surface area contributed by atoms with Gasteiger partial charge in [0.1, 0.15) is 0 Å². The summed E-state index contributed by atoms with van der Waals surface area (Å²) in [7, 11) is 0. The lowest BCUT2D eigenvalue weighted by atomic mass is 10.0. The fourth-order valence-corrected chi connectivity index (χ4v) is 2.20. The lowest BCUT2D eigenvalue weighted by Gasteiger charge is -2.19. The third-order valence-electron chi connectivity index (χ3n) is 3.91. The molecule has 2 rings (SSSR count). The summed E-state index contributed by atoms with van der Waals surface area (Å²) in [6, 6.07) is 9.03. The van der Waals surface area contributed by atoms with Crippen LogP contribution in [0.5, 0.6) is 0 Å². The molecule has 1 aromatic carbocycles. The minimum absolute atomic E-state index is 0.208. The van der Waals surface area contributed by atoms with Crippen LogP contribution >= 0.6 is 0 Å². The van der Waals surface area contributed by atoms with Crippen molar-refractivity contribution < 1.29 is 5.11 Å². The van der Waals surface area contributed by atoms with Crippen LogP contribution in [0.25, 0.3) is 0 Å². The second-order valence-electron chi connectivity index (χ2n) is 5.57. The Hall–Kier alpha value is -0.860.